The SMILES string of the molecule is CCn1c(OC)nnc1[C@@H](C)NS(=O)(=O)c1ccc(C)cn1. The molecule has 120 valence electrons. The van der Waals surface area contributed by atoms with E-state index in [-0.39, 0.29) is 5.03 Å². The third kappa shape index (κ3) is 3.25. The topological polar surface area (TPSA) is 99.0 Å². The lowest BCUT2D eigenvalue weighted by atomic mass is 10.3. The van der Waals surface area contributed by atoms with Crippen LogP contribution in [-0.4, -0.2) is 35.3 Å². The molecular weight excluding hydrogens is 306 g/mol. The first-order valence-electron chi connectivity index (χ1n) is 6.81. The van der Waals surface area contributed by atoms with Crippen LogP contribution in [0.3, 0.4) is 0 Å². The second kappa shape index (κ2) is 6.41. The molecule has 2 aromatic rings. The minimum absolute atomic E-state index is 0.0283. The molecule has 0 saturated carbocycles. The second-order valence-corrected chi connectivity index (χ2v) is 6.47. The molecule has 2 rings (SSSR count). The van der Waals surface area contributed by atoms with Gasteiger partial charge in [0.05, 0.1) is 13.2 Å². The van der Waals surface area contributed by atoms with Crippen LogP contribution in [0.5, 0.6) is 6.01 Å². The first-order chi connectivity index (χ1) is 10.4. The molecule has 0 aliphatic carbocycles. The third-order valence-corrected chi connectivity index (χ3v) is 4.58. The number of sulfonamides is 1. The number of hydrogen-bond acceptors (Lipinski definition) is 6. The molecule has 0 bridgehead atoms. The molecule has 0 fully saturated rings. The number of aromatic nitrogens is 4. The molecule has 0 radical (unpaired) electrons. The average Bonchev–Trinajstić information content (AvgIpc) is 2.90. The molecule has 0 spiro atoms. The molecule has 0 aromatic carbocycles. The highest BCUT2D eigenvalue weighted by atomic mass is 32.2. The average molecular weight is 325 g/mol. The van der Waals surface area contributed by atoms with E-state index in [1.165, 1.54) is 19.4 Å². The van der Waals surface area contributed by atoms with Crippen molar-refractivity contribution in [3.05, 3.63) is 29.7 Å². The van der Waals surface area contributed by atoms with E-state index in [9.17, 15) is 8.42 Å². The van der Waals surface area contributed by atoms with Gasteiger partial charge in [-0.1, -0.05) is 11.2 Å². The lowest BCUT2D eigenvalue weighted by Gasteiger charge is -2.14. The molecule has 2 heterocycles. The molecule has 22 heavy (non-hydrogen) atoms. The van der Waals surface area contributed by atoms with Gasteiger partial charge in [0, 0.05) is 12.7 Å². The summed E-state index contributed by atoms with van der Waals surface area (Å²) in [4.78, 5) is 3.94. The third-order valence-electron chi connectivity index (χ3n) is 3.12. The molecule has 8 nitrogen and oxygen atoms in total. The lowest BCUT2D eigenvalue weighted by molar-refractivity contribution is 0.354. The van der Waals surface area contributed by atoms with E-state index in [1.807, 2.05) is 13.8 Å². The van der Waals surface area contributed by atoms with Crippen molar-refractivity contribution in [3.63, 3.8) is 0 Å². The number of nitrogens with one attached hydrogen (secondary N) is 1. The van der Waals surface area contributed by atoms with Crippen LogP contribution in [0.4, 0.5) is 0 Å². The van der Waals surface area contributed by atoms with E-state index >= 15 is 0 Å². The Morgan fingerprint density at radius 2 is 2.09 bits per heavy atom. The Hall–Kier alpha value is -2.00. The number of rotatable bonds is 6. The zero-order valence-corrected chi connectivity index (χ0v) is 13.8. The summed E-state index contributed by atoms with van der Waals surface area (Å²) < 4.78 is 34.0. The van der Waals surface area contributed by atoms with Crippen LogP contribution in [0, 0.1) is 6.92 Å². The van der Waals surface area contributed by atoms with Crippen LogP contribution < -0.4 is 9.46 Å². The number of nitrogens with zero attached hydrogens (tertiary/aromatic N) is 4. The molecule has 0 aliphatic rings. The highest BCUT2D eigenvalue weighted by molar-refractivity contribution is 7.89. The van der Waals surface area contributed by atoms with Crippen LogP contribution in [0.2, 0.25) is 0 Å². The minimum Gasteiger partial charge on any atom is -0.467 e. The summed E-state index contributed by atoms with van der Waals surface area (Å²) in [7, 11) is -2.24. The van der Waals surface area contributed by atoms with Crippen molar-refractivity contribution in [3.8, 4) is 6.01 Å². The van der Waals surface area contributed by atoms with E-state index in [1.54, 1.807) is 17.6 Å². The minimum atomic E-state index is -3.73. The number of ether oxygens (including phenoxy) is 1. The van der Waals surface area contributed by atoms with Crippen LogP contribution in [-0.2, 0) is 16.6 Å². The van der Waals surface area contributed by atoms with Gasteiger partial charge in [0.2, 0.25) is 0 Å². The summed E-state index contributed by atoms with van der Waals surface area (Å²) in [6, 6.07) is 2.95. The summed E-state index contributed by atoms with van der Waals surface area (Å²) in [5, 5.41) is 7.84. The molecule has 0 unspecified atom stereocenters. The number of methoxy groups -OCH3 is 1. The summed E-state index contributed by atoms with van der Waals surface area (Å²) in [6.45, 7) is 6.01. The van der Waals surface area contributed by atoms with Gasteiger partial charge in [-0.2, -0.15) is 4.72 Å². The van der Waals surface area contributed by atoms with Crippen LogP contribution in [0.1, 0.15) is 31.3 Å². The van der Waals surface area contributed by atoms with Gasteiger partial charge in [-0.05, 0) is 32.4 Å². The van der Waals surface area contributed by atoms with Crippen molar-refractivity contribution >= 4 is 10.0 Å². The van der Waals surface area contributed by atoms with Gasteiger partial charge in [0.25, 0.3) is 10.0 Å². The van der Waals surface area contributed by atoms with Crippen molar-refractivity contribution < 1.29 is 13.2 Å². The molecule has 2 aromatic heterocycles. The maximum absolute atomic E-state index is 12.3. The van der Waals surface area contributed by atoms with Gasteiger partial charge < -0.3 is 4.74 Å². The molecule has 9 heteroatoms. The molecule has 1 N–H and O–H groups in total. The van der Waals surface area contributed by atoms with Crippen molar-refractivity contribution in [2.45, 2.75) is 38.4 Å². The standard InChI is InChI=1S/C13H19N5O3S/c1-5-18-12(15-16-13(18)21-4)10(3)17-22(19,20)11-7-6-9(2)8-14-11/h6-8,10,17H,5H2,1-4H3/t10-/m1/s1. The van der Waals surface area contributed by atoms with Gasteiger partial charge in [0.15, 0.2) is 10.9 Å². The Labute approximate surface area is 129 Å². The van der Waals surface area contributed by atoms with Gasteiger partial charge in [-0.3, -0.25) is 4.57 Å². The van der Waals surface area contributed by atoms with E-state index in [0.29, 0.717) is 18.4 Å². The van der Waals surface area contributed by atoms with Crippen molar-refractivity contribution in [1.29, 1.82) is 0 Å². The molecule has 0 saturated heterocycles. The Bertz CT molecular complexity index is 740. The Kier molecular flexibility index (Phi) is 4.77. The zero-order valence-electron chi connectivity index (χ0n) is 12.9. The van der Waals surface area contributed by atoms with Crippen molar-refractivity contribution in [2.75, 3.05) is 7.11 Å². The van der Waals surface area contributed by atoms with Gasteiger partial charge in [-0.25, -0.2) is 13.4 Å². The number of aryl methyl sites for hydroxylation is 1. The maximum atomic E-state index is 12.3. The largest absolute Gasteiger partial charge is 0.467 e. The smallest absolute Gasteiger partial charge is 0.316 e. The second-order valence-electron chi connectivity index (χ2n) is 4.81. The Morgan fingerprint density at radius 3 is 2.64 bits per heavy atom. The predicted molar refractivity (Wildman–Crippen MR) is 80.0 cm³/mol. The quantitative estimate of drug-likeness (QED) is 0.852. The van der Waals surface area contributed by atoms with Gasteiger partial charge in [-0.15, -0.1) is 5.10 Å². The van der Waals surface area contributed by atoms with Crippen LogP contribution in [0.25, 0.3) is 0 Å². The normalized spacial score (nSPS) is 13.1. The van der Waals surface area contributed by atoms with E-state index < -0.39 is 16.1 Å². The zero-order chi connectivity index (χ0) is 16.3. The Balaban J connectivity index is 2.26. The number of hydrogen-bond donors (Lipinski definition) is 1. The fourth-order valence-electron chi connectivity index (χ4n) is 2.03. The highest BCUT2D eigenvalue weighted by Gasteiger charge is 2.24. The van der Waals surface area contributed by atoms with E-state index in [4.69, 9.17) is 4.74 Å². The summed E-state index contributed by atoms with van der Waals surface area (Å²) in [5.74, 6) is 0.482. The van der Waals surface area contributed by atoms with Gasteiger partial charge >= 0.3 is 6.01 Å². The molecule has 1 atom stereocenters. The van der Waals surface area contributed by atoms with Crippen molar-refractivity contribution in [2.24, 2.45) is 0 Å². The predicted octanol–water partition coefficient (Wildman–Crippen LogP) is 1.05. The van der Waals surface area contributed by atoms with Crippen LogP contribution >= 0.6 is 0 Å². The van der Waals surface area contributed by atoms with Crippen molar-refractivity contribution in [1.82, 2.24) is 24.5 Å². The van der Waals surface area contributed by atoms with Crippen LogP contribution in [0.15, 0.2) is 23.4 Å². The Morgan fingerprint density at radius 1 is 1.36 bits per heavy atom. The molecule has 0 amide bonds. The summed E-state index contributed by atoms with van der Waals surface area (Å²) in [6.07, 6.45) is 1.51. The number of pyridine rings is 1. The fourth-order valence-corrected chi connectivity index (χ4v) is 3.16. The monoisotopic (exact) mass is 325 g/mol. The van der Waals surface area contributed by atoms with E-state index in [0.717, 1.165) is 5.56 Å². The van der Waals surface area contributed by atoms with Gasteiger partial charge in [0.1, 0.15) is 0 Å². The molecular formula is C13H19N5O3S. The summed E-state index contributed by atoms with van der Waals surface area (Å²) in [5.41, 5.74) is 0.891. The fraction of sp³-hybridized carbons (Fsp3) is 0.462. The van der Waals surface area contributed by atoms with E-state index in [2.05, 4.69) is 19.9 Å². The highest BCUT2D eigenvalue weighted by Crippen LogP contribution is 2.18. The summed E-state index contributed by atoms with van der Waals surface area (Å²) >= 11 is 0. The maximum Gasteiger partial charge on any atom is 0.316 e. The lowest BCUT2D eigenvalue weighted by Crippen LogP contribution is -2.29. The molecule has 0 aliphatic heterocycles. The first kappa shape index (κ1) is 16.4. The first-order valence-corrected chi connectivity index (χ1v) is 8.29.